The van der Waals surface area contributed by atoms with E-state index in [9.17, 15) is 8.42 Å². The van der Waals surface area contributed by atoms with Gasteiger partial charge in [0.15, 0.2) is 0 Å². The van der Waals surface area contributed by atoms with Gasteiger partial charge in [0.2, 0.25) is 10.0 Å². The standard InChI is InChI=1S/C15H26N2O3S.ClH/c1-11(2)13-5-7-14(8-6-13)15(16)9-17-21(18,19)10-12(3)20-4;/h5-8,11-12,15,17H,9-10,16H2,1-4H3;1H. The zero-order valence-electron chi connectivity index (χ0n) is 13.6. The van der Waals surface area contributed by atoms with E-state index in [1.807, 2.05) is 24.3 Å². The minimum atomic E-state index is -3.37. The van der Waals surface area contributed by atoms with Gasteiger partial charge in [-0.3, -0.25) is 0 Å². The van der Waals surface area contributed by atoms with Crippen LogP contribution in [-0.4, -0.2) is 33.9 Å². The zero-order chi connectivity index (χ0) is 16.0. The molecule has 0 spiro atoms. The summed E-state index contributed by atoms with van der Waals surface area (Å²) in [5, 5.41) is 0. The predicted molar refractivity (Wildman–Crippen MR) is 93.0 cm³/mol. The molecule has 0 saturated carbocycles. The molecule has 2 unspecified atom stereocenters. The minimum Gasteiger partial charge on any atom is -0.381 e. The number of rotatable bonds is 8. The van der Waals surface area contributed by atoms with Gasteiger partial charge in [0.25, 0.3) is 0 Å². The average Bonchev–Trinajstić information content (AvgIpc) is 2.44. The molecule has 3 N–H and O–H groups in total. The van der Waals surface area contributed by atoms with Crippen LogP contribution in [0.4, 0.5) is 0 Å². The van der Waals surface area contributed by atoms with E-state index in [-0.39, 0.29) is 36.9 Å². The first-order chi connectivity index (χ1) is 9.75. The van der Waals surface area contributed by atoms with Crippen molar-refractivity contribution in [1.29, 1.82) is 0 Å². The lowest BCUT2D eigenvalue weighted by Crippen LogP contribution is -2.36. The topological polar surface area (TPSA) is 81.4 Å². The summed E-state index contributed by atoms with van der Waals surface area (Å²) in [5.41, 5.74) is 8.19. The maximum absolute atomic E-state index is 11.8. The number of nitrogens with two attached hydrogens (primary N) is 1. The predicted octanol–water partition coefficient (Wildman–Crippen LogP) is 2.19. The Bertz CT molecular complexity index is 532. The highest BCUT2D eigenvalue weighted by atomic mass is 35.5. The second-order valence-electron chi connectivity index (χ2n) is 5.60. The summed E-state index contributed by atoms with van der Waals surface area (Å²) in [6, 6.07) is 7.60. The molecular formula is C15H27ClN2O3S. The van der Waals surface area contributed by atoms with Crippen LogP contribution in [0.5, 0.6) is 0 Å². The molecular weight excluding hydrogens is 324 g/mol. The molecule has 128 valence electrons. The summed E-state index contributed by atoms with van der Waals surface area (Å²) in [5.74, 6) is 0.395. The number of nitrogens with one attached hydrogen (secondary N) is 1. The summed E-state index contributed by atoms with van der Waals surface area (Å²) in [6.07, 6.45) is -0.343. The van der Waals surface area contributed by atoms with Crippen molar-refractivity contribution in [3.05, 3.63) is 35.4 Å². The van der Waals surface area contributed by atoms with E-state index in [4.69, 9.17) is 10.5 Å². The highest BCUT2D eigenvalue weighted by Crippen LogP contribution is 2.17. The number of halogens is 1. The van der Waals surface area contributed by atoms with Crippen molar-refractivity contribution in [3.63, 3.8) is 0 Å². The quantitative estimate of drug-likeness (QED) is 0.753. The van der Waals surface area contributed by atoms with Crippen LogP contribution in [0.3, 0.4) is 0 Å². The normalized spacial score (nSPS) is 14.5. The Morgan fingerprint density at radius 2 is 1.64 bits per heavy atom. The second kappa shape index (κ2) is 9.47. The molecule has 0 bridgehead atoms. The Morgan fingerprint density at radius 1 is 1.14 bits per heavy atom. The van der Waals surface area contributed by atoms with Crippen molar-refractivity contribution in [1.82, 2.24) is 4.72 Å². The number of methoxy groups -OCH3 is 1. The molecule has 0 aliphatic carbocycles. The molecule has 0 amide bonds. The van der Waals surface area contributed by atoms with Crippen LogP contribution in [-0.2, 0) is 14.8 Å². The Kier molecular flexibility index (Phi) is 9.19. The monoisotopic (exact) mass is 350 g/mol. The van der Waals surface area contributed by atoms with Crippen LogP contribution >= 0.6 is 12.4 Å². The van der Waals surface area contributed by atoms with Gasteiger partial charge in [0.1, 0.15) is 0 Å². The fraction of sp³-hybridized carbons (Fsp3) is 0.600. The van der Waals surface area contributed by atoms with Gasteiger partial charge in [-0.2, -0.15) is 0 Å². The molecule has 0 aliphatic rings. The molecule has 0 aliphatic heterocycles. The fourth-order valence-corrected chi connectivity index (χ4v) is 3.20. The van der Waals surface area contributed by atoms with Crippen LogP contribution < -0.4 is 10.5 Å². The lowest BCUT2D eigenvalue weighted by atomic mass is 9.99. The Balaban J connectivity index is 0.00000441. The third-order valence-corrected chi connectivity index (χ3v) is 4.93. The molecule has 7 heteroatoms. The fourth-order valence-electron chi connectivity index (χ4n) is 1.90. The first-order valence-corrected chi connectivity index (χ1v) is 8.76. The van der Waals surface area contributed by atoms with Crippen molar-refractivity contribution in [2.75, 3.05) is 19.4 Å². The minimum absolute atomic E-state index is 0. The molecule has 1 aromatic carbocycles. The van der Waals surface area contributed by atoms with Crippen molar-refractivity contribution in [2.45, 2.75) is 38.8 Å². The van der Waals surface area contributed by atoms with Crippen molar-refractivity contribution >= 4 is 22.4 Å². The van der Waals surface area contributed by atoms with Crippen molar-refractivity contribution in [3.8, 4) is 0 Å². The first kappa shape index (κ1) is 21.3. The van der Waals surface area contributed by atoms with Gasteiger partial charge in [-0.15, -0.1) is 12.4 Å². The molecule has 0 heterocycles. The first-order valence-electron chi connectivity index (χ1n) is 7.10. The highest BCUT2D eigenvalue weighted by molar-refractivity contribution is 7.89. The lowest BCUT2D eigenvalue weighted by molar-refractivity contribution is 0.136. The van der Waals surface area contributed by atoms with Crippen LogP contribution in [0, 0.1) is 0 Å². The molecule has 0 aromatic heterocycles. The number of sulfonamides is 1. The summed E-state index contributed by atoms with van der Waals surface area (Å²) in [4.78, 5) is 0. The smallest absolute Gasteiger partial charge is 0.214 e. The molecule has 0 fully saturated rings. The molecule has 22 heavy (non-hydrogen) atoms. The van der Waals surface area contributed by atoms with E-state index >= 15 is 0 Å². The summed E-state index contributed by atoms with van der Waals surface area (Å²) in [7, 11) is -1.88. The summed E-state index contributed by atoms with van der Waals surface area (Å²) in [6.45, 7) is 6.14. The zero-order valence-corrected chi connectivity index (χ0v) is 15.2. The average molecular weight is 351 g/mol. The maximum atomic E-state index is 11.8. The van der Waals surface area contributed by atoms with Gasteiger partial charge in [0.05, 0.1) is 11.9 Å². The second-order valence-corrected chi connectivity index (χ2v) is 7.46. The van der Waals surface area contributed by atoms with E-state index in [0.29, 0.717) is 5.92 Å². The third-order valence-electron chi connectivity index (χ3n) is 3.41. The van der Waals surface area contributed by atoms with Gasteiger partial charge in [-0.1, -0.05) is 38.1 Å². The van der Waals surface area contributed by atoms with Crippen LogP contribution in [0.2, 0.25) is 0 Å². The van der Waals surface area contributed by atoms with Gasteiger partial charge in [-0.25, -0.2) is 13.1 Å². The Morgan fingerprint density at radius 3 is 2.09 bits per heavy atom. The summed E-state index contributed by atoms with van der Waals surface area (Å²) >= 11 is 0. The van der Waals surface area contributed by atoms with Crippen molar-refractivity contribution in [2.24, 2.45) is 5.73 Å². The van der Waals surface area contributed by atoms with E-state index in [0.717, 1.165) is 5.56 Å². The largest absolute Gasteiger partial charge is 0.381 e. The van der Waals surface area contributed by atoms with Gasteiger partial charge in [-0.05, 0) is 24.0 Å². The Labute approximate surface area is 140 Å². The molecule has 2 atom stereocenters. The number of ether oxygens (including phenoxy) is 1. The molecule has 0 saturated heterocycles. The van der Waals surface area contributed by atoms with E-state index in [1.165, 1.54) is 12.7 Å². The van der Waals surface area contributed by atoms with Crippen molar-refractivity contribution < 1.29 is 13.2 Å². The number of hydrogen-bond donors (Lipinski definition) is 2. The third kappa shape index (κ3) is 7.07. The number of benzene rings is 1. The maximum Gasteiger partial charge on any atom is 0.214 e. The van der Waals surface area contributed by atoms with Gasteiger partial charge < -0.3 is 10.5 Å². The Hall–Kier alpha value is -0.660. The molecule has 0 radical (unpaired) electrons. The molecule has 1 rings (SSSR count). The van der Waals surface area contributed by atoms with E-state index < -0.39 is 10.0 Å². The van der Waals surface area contributed by atoms with Gasteiger partial charge in [0, 0.05) is 19.7 Å². The highest BCUT2D eigenvalue weighted by Gasteiger charge is 2.17. The molecule has 5 nitrogen and oxygen atoms in total. The van der Waals surface area contributed by atoms with Crippen LogP contribution in [0.15, 0.2) is 24.3 Å². The van der Waals surface area contributed by atoms with E-state index in [1.54, 1.807) is 6.92 Å². The van der Waals surface area contributed by atoms with Crippen LogP contribution in [0.1, 0.15) is 43.9 Å². The van der Waals surface area contributed by atoms with E-state index in [2.05, 4.69) is 18.6 Å². The number of hydrogen-bond acceptors (Lipinski definition) is 4. The van der Waals surface area contributed by atoms with Crippen LogP contribution in [0.25, 0.3) is 0 Å². The SMILES string of the molecule is COC(C)CS(=O)(=O)NCC(N)c1ccc(C(C)C)cc1.Cl. The lowest BCUT2D eigenvalue weighted by Gasteiger charge is -2.16. The molecule has 1 aromatic rings. The van der Waals surface area contributed by atoms with Gasteiger partial charge >= 0.3 is 0 Å². The summed E-state index contributed by atoms with van der Waals surface area (Å²) < 4.78 is 31.2.